The molecule has 8 heteroatoms. The minimum atomic E-state index is -1.27. The molecule has 1 aliphatic heterocycles. The Morgan fingerprint density at radius 1 is 1.09 bits per heavy atom. The molecule has 0 atom stereocenters. The standard InChI is InChI=1S/C27H25BrO7/c1-14-12-19(34-13-17-8-5-4-6-9-17)18-10-7-11-33-25(18)20(14)27(32)35-24-16(3)15(2)21(26(30)31)23(29)22(24)28/h4-6,8-9,12,29H,7,10-11,13H2,1-3H3,(H,30,31). The zero-order chi connectivity index (χ0) is 25.3. The molecule has 0 bridgehead atoms. The molecule has 7 nitrogen and oxygen atoms in total. The number of fused-ring (bicyclic) bond motifs is 1. The number of esters is 1. The lowest BCUT2D eigenvalue weighted by molar-refractivity contribution is 0.0692. The fraction of sp³-hybridized carbons (Fsp3) is 0.259. The van der Waals surface area contributed by atoms with Crippen molar-refractivity contribution in [1.82, 2.24) is 0 Å². The van der Waals surface area contributed by atoms with E-state index in [0.717, 1.165) is 17.5 Å². The first-order valence-corrected chi connectivity index (χ1v) is 11.9. The number of ether oxygens (including phenoxy) is 3. The van der Waals surface area contributed by atoms with Crippen molar-refractivity contribution in [3.8, 4) is 23.0 Å². The number of carboxylic acid groups (broad SMARTS) is 1. The van der Waals surface area contributed by atoms with Gasteiger partial charge in [0.05, 0.1) is 6.61 Å². The van der Waals surface area contributed by atoms with Gasteiger partial charge in [-0.15, -0.1) is 0 Å². The number of rotatable bonds is 6. The molecule has 35 heavy (non-hydrogen) atoms. The first-order chi connectivity index (χ1) is 16.7. The normalized spacial score (nSPS) is 12.5. The maximum atomic E-state index is 13.4. The van der Waals surface area contributed by atoms with Crippen LogP contribution < -0.4 is 14.2 Å². The number of aromatic carboxylic acids is 1. The molecule has 3 aromatic rings. The van der Waals surface area contributed by atoms with Crippen LogP contribution in [0.4, 0.5) is 0 Å². The molecular weight excluding hydrogens is 516 g/mol. The van der Waals surface area contributed by atoms with Crippen molar-refractivity contribution in [3.63, 3.8) is 0 Å². The molecule has 0 fully saturated rings. The van der Waals surface area contributed by atoms with E-state index < -0.39 is 17.7 Å². The molecule has 0 saturated heterocycles. The highest BCUT2D eigenvalue weighted by Gasteiger charge is 2.30. The molecule has 2 N–H and O–H groups in total. The summed E-state index contributed by atoms with van der Waals surface area (Å²) in [5, 5.41) is 19.9. The van der Waals surface area contributed by atoms with E-state index in [0.29, 0.717) is 47.8 Å². The van der Waals surface area contributed by atoms with Gasteiger partial charge in [0.1, 0.15) is 39.5 Å². The number of hydrogen-bond acceptors (Lipinski definition) is 6. The molecule has 182 valence electrons. The Labute approximate surface area is 211 Å². The topological polar surface area (TPSA) is 102 Å². The first-order valence-electron chi connectivity index (χ1n) is 11.1. The molecule has 0 radical (unpaired) electrons. The van der Waals surface area contributed by atoms with E-state index in [1.807, 2.05) is 36.4 Å². The number of carbonyl (C=O) groups excluding carboxylic acids is 1. The lowest BCUT2D eigenvalue weighted by atomic mass is 9.97. The molecule has 0 unspecified atom stereocenters. The number of phenols is 1. The monoisotopic (exact) mass is 540 g/mol. The predicted molar refractivity (Wildman–Crippen MR) is 133 cm³/mol. The van der Waals surface area contributed by atoms with E-state index >= 15 is 0 Å². The Morgan fingerprint density at radius 3 is 2.49 bits per heavy atom. The summed E-state index contributed by atoms with van der Waals surface area (Å²) in [4.78, 5) is 24.9. The summed E-state index contributed by atoms with van der Waals surface area (Å²) in [6.07, 6.45) is 1.48. The van der Waals surface area contributed by atoms with E-state index in [1.54, 1.807) is 20.8 Å². The molecule has 1 aliphatic rings. The van der Waals surface area contributed by atoms with Gasteiger partial charge in [-0.1, -0.05) is 30.3 Å². The van der Waals surface area contributed by atoms with Crippen LogP contribution >= 0.6 is 15.9 Å². The molecule has 0 amide bonds. The van der Waals surface area contributed by atoms with Crippen molar-refractivity contribution in [3.05, 3.63) is 79.8 Å². The van der Waals surface area contributed by atoms with Gasteiger partial charge >= 0.3 is 11.9 Å². The molecular formula is C27H25BrO7. The van der Waals surface area contributed by atoms with Crippen LogP contribution in [0.5, 0.6) is 23.0 Å². The second-order valence-corrected chi connectivity index (χ2v) is 9.20. The summed E-state index contributed by atoms with van der Waals surface area (Å²) in [7, 11) is 0. The maximum Gasteiger partial charge on any atom is 0.347 e. The number of benzene rings is 3. The highest BCUT2D eigenvalue weighted by molar-refractivity contribution is 9.10. The predicted octanol–water partition coefficient (Wildman–Crippen LogP) is 5.90. The van der Waals surface area contributed by atoms with Gasteiger partial charge in [-0.05, 0) is 77.9 Å². The second-order valence-electron chi connectivity index (χ2n) is 8.41. The van der Waals surface area contributed by atoms with E-state index in [4.69, 9.17) is 14.2 Å². The zero-order valence-electron chi connectivity index (χ0n) is 19.6. The zero-order valence-corrected chi connectivity index (χ0v) is 21.2. The molecule has 0 aromatic heterocycles. The smallest absolute Gasteiger partial charge is 0.347 e. The van der Waals surface area contributed by atoms with Crippen LogP contribution in [0.2, 0.25) is 0 Å². The van der Waals surface area contributed by atoms with Gasteiger partial charge in [-0.2, -0.15) is 0 Å². The molecule has 0 saturated carbocycles. The third kappa shape index (κ3) is 4.71. The summed E-state index contributed by atoms with van der Waals surface area (Å²) in [5.74, 6) is -1.28. The Kier molecular flexibility index (Phi) is 7.03. The van der Waals surface area contributed by atoms with Gasteiger partial charge < -0.3 is 24.4 Å². The third-order valence-corrected chi connectivity index (χ3v) is 6.87. The van der Waals surface area contributed by atoms with Crippen LogP contribution in [-0.2, 0) is 13.0 Å². The fourth-order valence-electron chi connectivity index (χ4n) is 4.18. The maximum absolute atomic E-state index is 13.4. The van der Waals surface area contributed by atoms with Crippen molar-refractivity contribution in [2.75, 3.05) is 6.61 Å². The van der Waals surface area contributed by atoms with E-state index in [1.165, 1.54) is 0 Å². The highest BCUT2D eigenvalue weighted by atomic mass is 79.9. The van der Waals surface area contributed by atoms with Crippen molar-refractivity contribution in [2.45, 2.75) is 40.2 Å². The number of hydrogen-bond donors (Lipinski definition) is 2. The fourth-order valence-corrected chi connectivity index (χ4v) is 4.76. The van der Waals surface area contributed by atoms with Crippen LogP contribution in [0.25, 0.3) is 0 Å². The molecule has 3 aromatic carbocycles. The van der Waals surface area contributed by atoms with Gasteiger partial charge in [0.15, 0.2) is 5.75 Å². The van der Waals surface area contributed by atoms with Crippen molar-refractivity contribution >= 4 is 27.9 Å². The average molecular weight is 541 g/mol. The van der Waals surface area contributed by atoms with E-state index in [9.17, 15) is 19.8 Å². The third-order valence-electron chi connectivity index (χ3n) is 6.13. The van der Waals surface area contributed by atoms with Gasteiger partial charge in [-0.25, -0.2) is 9.59 Å². The molecule has 1 heterocycles. The summed E-state index contributed by atoms with van der Waals surface area (Å²) in [5.41, 5.74) is 3.22. The van der Waals surface area contributed by atoms with Gasteiger partial charge in [0, 0.05) is 5.56 Å². The van der Waals surface area contributed by atoms with Crippen LogP contribution in [0.3, 0.4) is 0 Å². The molecule has 0 spiro atoms. The van der Waals surface area contributed by atoms with Gasteiger partial charge in [-0.3, -0.25) is 0 Å². The Balaban J connectivity index is 1.70. The number of aromatic hydroxyl groups is 1. The summed E-state index contributed by atoms with van der Waals surface area (Å²) >= 11 is 3.19. The largest absolute Gasteiger partial charge is 0.506 e. The lowest BCUT2D eigenvalue weighted by Gasteiger charge is -2.24. The van der Waals surface area contributed by atoms with E-state index in [-0.39, 0.29) is 21.3 Å². The van der Waals surface area contributed by atoms with Crippen LogP contribution in [0.15, 0.2) is 40.9 Å². The number of halogens is 1. The number of aryl methyl sites for hydroxylation is 1. The van der Waals surface area contributed by atoms with Crippen molar-refractivity contribution < 1.29 is 34.0 Å². The van der Waals surface area contributed by atoms with E-state index in [2.05, 4.69) is 15.9 Å². The Morgan fingerprint density at radius 2 is 1.80 bits per heavy atom. The second kappa shape index (κ2) is 10.00. The summed E-state index contributed by atoms with van der Waals surface area (Å²) in [6, 6.07) is 11.6. The average Bonchev–Trinajstić information content (AvgIpc) is 2.84. The minimum absolute atomic E-state index is 0.00148. The van der Waals surface area contributed by atoms with Crippen LogP contribution in [0.1, 0.15) is 55.0 Å². The number of carboxylic acids is 1. The lowest BCUT2D eigenvalue weighted by Crippen LogP contribution is -2.19. The minimum Gasteiger partial charge on any atom is -0.506 e. The van der Waals surface area contributed by atoms with Crippen LogP contribution in [0, 0.1) is 20.8 Å². The van der Waals surface area contributed by atoms with Crippen LogP contribution in [-0.4, -0.2) is 28.8 Å². The first kappa shape index (κ1) is 24.6. The quantitative estimate of drug-likeness (QED) is 0.296. The van der Waals surface area contributed by atoms with Gasteiger partial charge in [0.2, 0.25) is 0 Å². The molecule has 0 aliphatic carbocycles. The molecule has 4 rings (SSSR count). The van der Waals surface area contributed by atoms with Gasteiger partial charge in [0.25, 0.3) is 0 Å². The Bertz CT molecular complexity index is 1290. The summed E-state index contributed by atoms with van der Waals surface area (Å²) in [6.45, 7) is 5.82. The number of carbonyl (C=O) groups is 2. The highest BCUT2D eigenvalue weighted by Crippen LogP contribution is 2.44. The SMILES string of the molecule is Cc1cc(OCc2ccccc2)c2c(c1C(=O)Oc1c(C)c(C)c(C(=O)O)c(O)c1Br)OCCC2. The van der Waals surface area contributed by atoms with Crippen molar-refractivity contribution in [2.24, 2.45) is 0 Å². The van der Waals surface area contributed by atoms with Crippen molar-refractivity contribution in [1.29, 1.82) is 0 Å². The summed E-state index contributed by atoms with van der Waals surface area (Å²) < 4.78 is 17.7. The Hall–Kier alpha value is -3.52.